The molecule has 0 radical (unpaired) electrons. The molecule has 1 aromatic carbocycles. The second kappa shape index (κ2) is 3.02. The normalized spacial score (nSPS) is 19.4. The van der Waals surface area contributed by atoms with Gasteiger partial charge in [-0.2, -0.15) is 0 Å². The van der Waals surface area contributed by atoms with Gasteiger partial charge in [-0.05, 0) is 53.0 Å². The van der Waals surface area contributed by atoms with Crippen LogP contribution in [-0.2, 0) is 6.42 Å². The number of hydrogen-bond donors (Lipinski definition) is 0. The van der Waals surface area contributed by atoms with Crippen molar-refractivity contribution in [3.05, 3.63) is 27.1 Å². The van der Waals surface area contributed by atoms with Crippen LogP contribution in [0.25, 0.3) is 0 Å². The van der Waals surface area contributed by atoms with Crippen molar-refractivity contribution in [2.45, 2.75) is 19.3 Å². The molecule has 0 amide bonds. The molecule has 0 spiro atoms. The van der Waals surface area contributed by atoms with Gasteiger partial charge in [0.2, 0.25) is 0 Å². The first-order valence-corrected chi connectivity index (χ1v) is 5.88. The SMILES string of the molecule is Fc1c(I)ccc2c1N=C(C1CC1)C2. The third kappa shape index (κ3) is 1.29. The Balaban J connectivity index is 2.08. The summed E-state index contributed by atoms with van der Waals surface area (Å²) in [5, 5.41) is 0. The highest BCUT2D eigenvalue weighted by molar-refractivity contribution is 14.1. The van der Waals surface area contributed by atoms with Crippen LogP contribution in [0.4, 0.5) is 10.1 Å². The van der Waals surface area contributed by atoms with Gasteiger partial charge in [-0.15, -0.1) is 0 Å². The van der Waals surface area contributed by atoms with E-state index in [4.69, 9.17) is 0 Å². The topological polar surface area (TPSA) is 12.4 Å². The van der Waals surface area contributed by atoms with E-state index in [2.05, 4.69) is 4.99 Å². The van der Waals surface area contributed by atoms with Gasteiger partial charge in [-0.3, -0.25) is 4.99 Å². The fourth-order valence-electron chi connectivity index (χ4n) is 1.87. The smallest absolute Gasteiger partial charge is 0.162 e. The summed E-state index contributed by atoms with van der Waals surface area (Å²) < 4.78 is 14.3. The Morgan fingerprint density at radius 3 is 2.86 bits per heavy atom. The van der Waals surface area contributed by atoms with Crippen molar-refractivity contribution in [2.75, 3.05) is 0 Å². The minimum Gasteiger partial charge on any atom is -0.254 e. The van der Waals surface area contributed by atoms with Crippen LogP contribution in [0.15, 0.2) is 17.1 Å². The molecule has 1 aromatic rings. The molecule has 1 nitrogen and oxygen atoms in total. The van der Waals surface area contributed by atoms with Crippen molar-refractivity contribution < 1.29 is 4.39 Å². The molecule has 1 saturated carbocycles. The molecule has 0 saturated heterocycles. The molecule has 72 valence electrons. The molecule has 1 heterocycles. The summed E-state index contributed by atoms with van der Waals surface area (Å²) in [5.41, 5.74) is 2.85. The lowest BCUT2D eigenvalue weighted by Crippen LogP contribution is -1.99. The van der Waals surface area contributed by atoms with Crippen molar-refractivity contribution in [1.82, 2.24) is 0 Å². The number of benzene rings is 1. The molecule has 3 rings (SSSR count). The first-order chi connectivity index (χ1) is 6.75. The predicted molar refractivity (Wildman–Crippen MR) is 62.6 cm³/mol. The van der Waals surface area contributed by atoms with Crippen LogP contribution in [0.5, 0.6) is 0 Å². The van der Waals surface area contributed by atoms with Crippen LogP contribution < -0.4 is 0 Å². The average molecular weight is 301 g/mol. The first kappa shape index (κ1) is 8.83. The minimum absolute atomic E-state index is 0.140. The minimum atomic E-state index is -0.140. The molecule has 0 unspecified atom stereocenters. The van der Waals surface area contributed by atoms with E-state index in [1.807, 2.05) is 34.7 Å². The van der Waals surface area contributed by atoms with Crippen molar-refractivity contribution in [2.24, 2.45) is 10.9 Å². The van der Waals surface area contributed by atoms with E-state index in [0.29, 0.717) is 15.2 Å². The highest BCUT2D eigenvalue weighted by Crippen LogP contribution is 2.40. The number of hydrogen-bond acceptors (Lipinski definition) is 1. The van der Waals surface area contributed by atoms with E-state index in [9.17, 15) is 4.39 Å². The largest absolute Gasteiger partial charge is 0.254 e. The third-order valence-electron chi connectivity index (χ3n) is 2.83. The highest BCUT2D eigenvalue weighted by atomic mass is 127. The lowest BCUT2D eigenvalue weighted by atomic mass is 10.1. The standard InChI is InChI=1S/C11H9FIN/c12-10-8(13)4-3-7-5-9(6-1-2-6)14-11(7)10/h3-4,6H,1-2,5H2. The second-order valence-corrected chi connectivity index (χ2v) is 5.09. The van der Waals surface area contributed by atoms with Crippen molar-refractivity contribution in [3.8, 4) is 0 Å². The molecule has 0 atom stereocenters. The van der Waals surface area contributed by atoms with E-state index in [-0.39, 0.29) is 5.82 Å². The van der Waals surface area contributed by atoms with Crippen LogP contribution >= 0.6 is 22.6 Å². The molecular weight excluding hydrogens is 292 g/mol. The Morgan fingerprint density at radius 1 is 1.36 bits per heavy atom. The molecule has 14 heavy (non-hydrogen) atoms. The van der Waals surface area contributed by atoms with E-state index in [1.165, 1.54) is 18.6 Å². The van der Waals surface area contributed by atoms with Crippen LogP contribution in [0.1, 0.15) is 18.4 Å². The first-order valence-electron chi connectivity index (χ1n) is 4.80. The zero-order chi connectivity index (χ0) is 9.71. The zero-order valence-electron chi connectivity index (χ0n) is 7.56. The number of fused-ring (bicyclic) bond motifs is 1. The molecule has 2 aliphatic rings. The lowest BCUT2D eigenvalue weighted by molar-refractivity contribution is 0.622. The average Bonchev–Trinajstić information content (AvgIpc) is 2.93. The van der Waals surface area contributed by atoms with Gasteiger partial charge in [0.05, 0.1) is 3.57 Å². The molecule has 1 aliphatic heterocycles. The van der Waals surface area contributed by atoms with Gasteiger partial charge in [0, 0.05) is 12.1 Å². The van der Waals surface area contributed by atoms with Gasteiger partial charge in [0.1, 0.15) is 5.69 Å². The number of halogens is 2. The Bertz CT molecular complexity index is 435. The molecule has 0 aromatic heterocycles. The summed E-state index contributed by atoms with van der Waals surface area (Å²) in [7, 11) is 0. The summed E-state index contributed by atoms with van der Waals surface area (Å²) in [5.74, 6) is 0.512. The summed E-state index contributed by atoms with van der Waals surface area (Å²) in [6.07, 6.45) is 3.35. The summed E-state index contributed by atoms with van der Waals surface area (Å²) >= 11 is 2.01. The quantitative estimate of drug-likeness (QED) is 0.704. The summed E-state index contributed by atoms with van der Waals surface area (Å²) in [6.45, 7) is 0. The number of nitrogens with zero attached hydrogens (tertiary/aromatic N) is 1. The van der Waals surface area contributed by atoms with E-state index < -0.39 is 0 Å². The molecule has 1 fully saturated rings. The maximum Gasteiger partial charge on any atom is 0.162 e. The van der Waals surface area contributed by atoms with Crippen molar-refractivity contribution in [1.29, 1.82) is 0 Å². The van der Waals surface area contributed by atoms with E-state index in [1.54, 1.807) is 0 Å². The van der Waals surface area contributed by atoms with Gasteiger partial charge < -0.3 is 0 Å². The van der Waals surface area contributed by atoms with Gasteiger partial charge in [-0.25, -0.2) is 4.39 Å². The maximum atomic E-state index is 13.6. The fraction of sp³-hybridized carbons (Fsp3) is 0.364. The zero-order valence-corrected chi connectivity index (χ0v) is 9.71. The number of aliphatic imine (C=N–C) groups is 1. The summed E-state index contributed by atoms with van der Waals surface area (Å²) in [6, 6.07) is 3.83. The molecule has 0 N–H and O–H groups in total. The highest BCUT2D eigenvalue weighted by Gasteiger charge is 2.31. The summed E-state index contributed by atoms with van der Waals surface area (Å²) in [4.78, 5) is 4.41. The monoisotopic (exact) mass is 301 g/mol. The Hall–Kier alpha value is -0.450. The third-order valence-corrected chi connectivity index (χ3v) is 3.66. The van der Waals surface area contributed by atoms with E-state index in [0.717, 1.165) is 12.0 Å². The molecule has 1 aliphatic carbocycles. The van der Waals surface area contributed by atoms with Crippen LogP contribution in [0, 0.1) is 15.3 Å². The van der Waals surface area contributed by atoms with Gasteiger partial charge in [0.25, 0.3) is 0 Å². The fourth-order valence-corrected chi connectivity index (χ4v) is 2.31. The van der Waals surface area contributed by atoms with Gasteiger partial charge >= 0.3 is 0 Å². The van der Waals surface area contributed by atoms with E-state index >= 15 is 0 Å². The van der Waals surface area contributed by atoms with Crippen LogP contribution in [-0.4, -0.2) is 5.71 Å². The lowest BCUT2D eigenvalue weighted by Gasteiger charge is -1.99. The molecule has 3 heteroatoms. The Kier molecular flexibility index (Phi) is 1.90. The second-order valence-electron chi connectivity index (χ2n) is 3.92. The van der Waals surface area contributed by atoms with Crippen molar-refractivity contribution in [3.63, 3.8) is 0 Å². The van der Waals surface area contributed by atoms with Crippen molar-refractivity contribution >= 4 is 34.0 Å². The predicted octanol–water partition coefficient (Wildman–Crippen LogP) is 3.47. The molecule has 0 bridgehead atoms. The van der Waals surface area contributed by atoms with Crippen LogP contribution in [0.2, 0.25) is 0 Å². The maximum absolute atomic E-state index is 13.6. The van der Waals surface area contributed by atoms with Crippen LogP contribution in [0.3, 0.4) is 0 Å². The molecular formula is C11H9FIN. The van der Waals surface area contributed by atoms with Gasteiger partial charge in [-0.1, -0.05) is 6.07 Å². The Morgan fingerprint density at radius 2 is 2.14 bits per heavy atom. The van der Waals surface area contributed by atoms with Gasteiger partial charge in [0.15, 0.2) is 5.82 Å². The Labute approximate surface area is 95.6 Å². The number of rotatable bonds is 1.